The highest BCUT2D eigenvalue weighted by molar-refractivity contribution is 6.08. The molecule has 0 atom stereocenters. The Balaban J connectivity index is 1.37. The van der Waals surface area contributed by atoms with E-state index in [1.807, 2.05) is 67.6 Å². The van der Waals surface area contributed by atoms with Crippen LogP contribution in [0.25, 0.3) is 10.8 Å². The van der Waals surface area contributed by atoms with Crippen molar-refractivity contribution in [2.24, 2.45) is 5.92 Å². The first kappa shape index (κ1) is 26.3. The third-order valence-corrected chi connectivity index (χ3v) is 6.74. The Labute approximate surface area is 229 Å². The Morgan fingerprint density at radius 1 is 0.923 bits per heavy atom. The first-order valence-electron chi connectivity index (χ1n) is 13.3. The molecule has 0 saturated heterocycles. The summed E-state index contributed by atoms with van der Waals surface area (Å²) in [5, 5.41) is 11.0. The van der Waals surface area contributed by atoms with Gasteiger partial charge in [-0.1, -0.05) is 51.1 Å². The molecule has 1 aliphatic rings. The maximum Gasteiger partial charge on any atom is 0.323 e. The number of fused-ring (bicyclic) bond motifs is 1. The molecule has 0 spiro atoms. The Hall–Kier alpha value is -4.33. The summed E-state index contributed by atoms with van der Waals surface area (Å²) in [6, 6.07) is 18.7. The Morgan fingerprint density at radius 3 is 2.36 bits per heavy atom. The predicted molar refractivity (Wildman–Crippen MR) is 156 cm³/mol. The van der Waals surface area contributed by atoms with E-state index >= 15 is 0 Å². The summed E-state index contributed by atoms with van der Waals surface area (Å²) < 4.78 is 11.7. The van der Waals surface area contributed by atoms with Crippen LogP contribution in [0.1, 0.15) is 44.9 Å². The van der Waals surface area contributed by atoms with Crippen LogP contribution in [0.3, 0.4) is 0 Å². The minimum absolute atomic E-state index is 0.0680. The van der Waals surface area contributed by atoms with Crippen LogP contribution in [-0.2, 0) is 5.41 Å². The number of urea groups is 1. The summed E-state index contributed by atoms with van der Waals surface area (Å²) in [5.41, 5.74) is 3.12. The van der Waals surface area contributed by atoms with E-state index < -0.39 is 0 Å². The van der Waals surface area contributed by atoms with Crippen molar-refractivity contribution in [3.8, 4) is 17.4 Å². The molecule has 5 rings (SSSR count). The van der Waals surface area contributed by atoms with E-state index in [0.29, 0.717) is 40.6 Å². The third kappa shape index (κ3) is 6.39. The summed E-state index contributed by atoms with van der Waals surface area (Å²) in [6.07, 6.45) is 2.51. The van der Waals surface area contributed by atoms with Gasteiger partial charge >= 0.3 is 6.03 Å². The van der Waals surface area contributed by atoms with Gasteiger partial charge in [-0.25, -0.2) is 9.78 Å². The Morgan fingerprint density at radius 2 is 1.64 bits per heavy atom. The number of nitrogens with one attached hydrogen (secondary N) is 3. The lowest BCUT2D eigenvalue weighted by atomic mass is 9.87. The number of amides is 2. The molecule has 1 saturated carbocycles. The smallest absolute Gasteiger partial charge is 0.323 e. The number of rotatable bonds is 8. The van der Waals surface area contributed by atoms with E-state index in [4.69, 9.17) is 9.47 Å². The molecule has 0 radical (unpaired) electrons. The molecule has 1 heterocycles. The molecule has 39 heavy (non-hydrogen) atoms. The number of ether oxygens (including phenoxy) is 2. The standard InChI is InChI=1S/C31H35N5O3/c1-19-16-28(36-29(33-19)32-18-20-10-11-20)39-26-15-13-24(22-8-6-7-9-23(22)26)34-30(37)35-25-17-21(31(2,3)4)12-14-27(25)38-5/h6-9,12-17,20H,10-11,18H2,1-5H3,(H,32,33,36)(H2,34,35,37). The number of carbonyl (C=O) groups excluding carboxylic acids is 1. The average Bonchev–Trinajstić information content (AvgIpc) is 3.73. The number of anilines is 3. The molecule has 0 bridgehead atoms. The van der Waals surface area contributed by atoms with Crippen molar-refractivity contribution in [3.05, 3.63) is 71.9 Å². The lowest BCUT2D eigenvalue weighted by Gasteiger charge is -2.21. The molecule has 3 N–H and O–H groups in total. The molecule has 1 fully saturated rings. The Bertz CT molecular complexity index is 1510. The second kappa shape index (κ2) is 10.8. The quantitative estimate of drug-likeness (QED) is 0.220. The molecule has 0 unspecified atom stereocenters. The van der Waals surface area contributed by atoms with Gasteiger partial charge in [0.2, 0.25) is 11.8 Å². The van der Waals surface area contributed by atoms with Gasteiger partial charge in [0.15, 0.2) is 0 Å². The maximum atomic E-state index is 13.1. The van der Waals surface area contributed by atoms with Gasteiger partial charge in [0, 0.05) is 29.1 Å². The van der Waals surface area contributed by atoms with Crippen molar-refractivity contribution in [2.45, 2.75) is 46.0 Å². The second-order valence-electron chi connectivity index (χ2n) is 11.0. The SMILES string of the molecule is COc1ccc(C(C)(C)C)cc1NC(=O)Nc1ccc(Oc2cc(C)nc(NCC3CC3)n2)c2ccccc12. The van der Waals surface area contributed by atoms with E-state index in [0.717, 1.165) is 28.6 Å². The number of carbonyl (C=O) groups is 1. The van der Waals surface area contributed by atoms with Crippen LogP contribution >= 0.6 is 0 Å². The van der Waals surface area contributed by atoms with Gasteiger partial charge in [-0.05, 0) is 60.9 Å². The van der Waals surface area contributed by atoms with Gasteiger partial charge < -0.3 is 25.4 Å². The fraction of sp³-hybridized carbons (Fsp3) is 0.323. The molecule has 8 heteroatoms. The van der Waals surface area contributed by atoms with Crippen LogP contribution in [0, 0.1) is 12.8 Å². The van der Waals surface area contributed by atoms with E-state index in [1.165, 1.54) is 12.8 Å². The zero-order chi connectivity index (χ0) is 27.6. The van der Waals surface area contributed by atoms with Gasteiger partial charge in [-0.15, -0.1) is 0 Å². The summed E-state index contributed by atoms with van der Waals surface area (Å²) in [6.45, 7) is 9.18. The van der Waals surface area contributed by atoms with E-state index in [2.05, 4.69) is 46.7 Å². The average molecular weight is 526 g/mol. The maximum absolute atomic E-state index is 13.1. The first-order valence-corrected chi connectivity index (χ1v) is 13.3. The first-order chi connectivity index (χ1) is 18.7. The summed E-state index contributed by atoms with van der Waals surface area (Å²) in [4.78, 5) is 22.1. The molecule has 202 valence electrons. The molecular formula is C31H35N5O3. The molecule has 3 aromatic carbocycles. The van der Waals surface area contributed by atoms with Gasteiger partial charge in [0.25, 0.3) is 0 Å². The molecule has 8 nitrogen and oxygen atoms in total. The zero-order valence-electron chi connectivity index (χ0n) is 23.1. The van der Waals surface area contributed by atoms with Crippen LogP contribution in [0.15, 0.2) is 60.7 Å². The highest BCUT2D eigenvalue weighted by atomic mass is 16.5. The predicted octanol–water partition coefficient (Wildman–Crippen LogP) is 7.50. The number of aryl methyl sites for hydroxylation is 1. The third-order valence-electron chi connectivity index (χ3n) is 6.74. The van der Waals surface area contributed by atoms with Gasteiger partial charge in [0.1, 0.15) is 11.5 Å². The van der Waals surface area contributed by atoms with Crippen molar-refractivity contribution >= 4 is 34.1 Å². The van der Waals surface area contributed by atoms with Gasteiger partial charge in [-0.3, -0.25) is 0 Å². The van der Waals surface area contributed by atoms with Crippen LogP contribution < -0.4 is 25.4 Å². The number of hydrogen-bond donors (Lipinski definition) is 3. The van der Waals surface area contributed by atoms with Crippen LogP contribution in [0.5, 0.6) is 17.4 Å². The summed E-state index contributed by atoms with van der Waals surface area (Å²) in [7, 11) is 1.59. The lowest BCUT2D eigenvalue weighted by molar-refractivity contribution is 0.262. The number of benzene rings is 3. The summed E-state index contributed by atoms with van der Waals surface area (Å²) in [5.74, 6) is 2.99. The fourth-order valence-electron chi connectivity index (χ4n) is 4.36. The van der Waals surface area contributed by atoms with Gasteiger partial charge in [0.05, 0.1) is 18.5 Å². The largest absolute Gasteiger partial charge is 0.495 e. The molecule has 4 aromatic rings. The van der Waals surface area contributed by atoms with Crippen molar-refractivity contribution in [2.75, 3.05) is 29.6 Å². The highest BCUT2D eigenvalue weighted by Gasteiger charge is 2.21. The van der Waals surface area contributed by atoms with E-state index in [1.54, 1.807) is 7.11 Å². The number of methoxy groups -OCH3 is 1. The van der Waals surface area contributed by atoms with Crippen LogP contribution in [-0.4, -0.2) is 29.7 Å². The van der Waals surface area contributed by atoms with Crippen molar-refractivity contribution in [1.29, 1.82) is 0 Å². The van der Waals surface area contributed by atoms with Crippen LogP contribution in [0.4, 0.5) is 22.1 Å². The topological polar surface area (TPSA) is 97.4 Å². The molecule has 1 aliphatic carbocycles. The molecule has 0 aliphatic heterocycles. The Kier molecular flexibility index (Phi) is 7.28. The van der Waals surface area contributed by atoms with E-state index in [-0.39, 0.29) is 11.4 Å². The molecule has 2 amide bonds. The number of hydrogen-bond acceptors (Lipinski definition) is 6. The lowest BCUT2D eigenvalue weighted by Crippen LogP contribution is -2.21. The normalized spacial score (nSPS) is 13.2. The second-order valence-corrected chi connectivity index (χ2v) is 11.0. The fourth-order valence-corrected chi connectivity index (χ4v) is 4.36. The summed E-state index contributed by atoms with van der Waals surface area (Å²) >= 11 is 0. The van der Waals surface area contributed by atoms with Gasteiger partial charge in [-0.2, -0.15) is 4.98 Å². The van der Waals surface area contributed by atoms with Crippen LogP contribution in [0.2, 0.25) is 0 Å². The minimum Gasteiger partial charge on any atom is -0.495 e. The number of aromatic nitrogens is 2. The minimum atomic E-state index is -0.365. The zero-order valence-corrected chi connectivity index (χ0v) is 23.1. The van der Waals surface area contributed by atoms with Crippen molar-refractivity contribution < 1.29 is 14.3 Å². The van der Waals surface area contributed by atoms with E-state index in [9.17, 15) is 4.79 Å². The molecular weight excluding hydrogens is 490 g/mol. The highest BCUT2D eigenvalue weighted by Crippen LogP contribution is 2.35. The molecule has 1 aromatic heterocycles. The monoisotopic (exact) mass is 525 g/mol. The number of nitrogens with zero attached hydrogens (tertiary/aromatic N) is 2. The van der Waals surface area contributed by atoms with Crippen molar-refractivity contribution in [3.63, 3.8) is 0 Å². The van der Waals surface area contributed by atoms with Crippen molar-refractivity contribution in [1.82, 2.24) is 9.97 Å².